The zero-order valence-corrected chi connectivity index (χ0v) is 12.6. The molecule has 0 amide bonds. The van der Waals surface area contributed by atoms with E-state index in [4.69, 9.17) is 9.47 Å². The molecule has 0 aromatic carbocycles. The highest BCUT2D eigenvalue weighted by Crippen LogP contribution is 2.24. The summed E-state index contributed by atoms with van der Waals surface area (Å²) in [5.74, 6) is 1.93. The second-order valence-corrected chi connectivity index (χ2v) is 4.90. The van der Waals surface area contributed by atoms with Crippen LogP contribution in [0.3, 0.4) is 0 Å². The first-order chi connectivity index (χ1) is 10.8. The molecule has 0 saturated carbocycles. The summed E-state index contributed by atoms with van der Waals surface area (Å²) < 4.78 is 10.3. The summed E-state index contributed by atoms with van der Waals surface area (Å²) in [7, 11) is 3.12. The predicted octanol–water partition coefficient (Wildman–Crippen LogP) is 0.975. The minimum atomic E-state index is 0.273. The summed E-state index contributed by atoms with van der Waals surface area (Å²) in [4.78, 5) is 19.0. The zero-order valence-electron chi connectivity index (χ0n) is 12.6. The molecule has 116 valence electrons. The van der Waals surface area contributed by atoms with E-state index in [0.29, 0.717) is 17.8 Å². The van der Waals surface area contributed by atoms with Crippen LogP contribution in [0.25, 0.3) is 0 Å². The number of methoxy groups -OCH3 is 2. The molecule has 3 heterocycles. The van der Waals surface area contributed by atoms with Crippen LogP contribution in [0.5, 0.6) is 11.9 Å². The Balaban J connectivity index is 1.69. The van der Waals surface area contributed by atoms with E-state index in [1.165, 1.54) is 0 Å². The molecule has 2 aromatic rings. The van der Waals surface area contributed by atoms with Crippen LogP contribution in [0.15, 0.2) is 24.5 Å². The molecule has 8 heteroatoms. The van der Waals surface area contributed by atoms with E-state index in [9.17, 15) is 0 Å². The highest BCUT2D eigenvalue weighted by molar-refractivity contribution is 5.45. The van der Waals surface area contributed by atoms with Gasteiger partial charge in [-0.1, -0.05) is 0 Å². The van der Waals surface area contributed by atoms with Crippen LogP contribution in [0.2, 0.25) is 0 Å². The van der Waals surface area contributed by atoms with Crippen LogP contribution >= 0.6 is 0 Å². The summed E-state index contributed by atoms with van der Waals surface area (Å²) in [6, 6.07) is 4.18. The van der Waals surface area contributed by atoms with Crippen LogP contribution in [0.4, 0.5) is 11.8 Å². The molecule has 1 aliphatic heterocycles. The lowest BCUT2D eigenvalue weighted by molar-refractivity contribution is 0.352. The van der Waals surface area contributed by atoms with Gasteiger partial charge in [0.1, 0.15) is 5.82 Å². The first-order valence-corrected chi connectivity index (χ1v) is 7.04. The molecule has 0 spiro atoms. The van der Waals surface area contributed by atoms with Gasteiger partial charge in [-0.25, -0.2) is 9.97 Å². The van der Waals surface area contributed by atoms with Gasteiger partial charge in [0, 0.05) is 37.6 Å². The molecule has 3 rings (SSSR count). The molecular weight excluding hydrogens is 284 g/mol. The van der Waals surface area contributed by atoms with E-state index < -0.39 is 0 Å². The zero-order chi connectivity index (χ0) is 15.4. The fraction of sp³-hybridized carbons (Fsp3) is 0.429. The maximum atomic E-state index is 5.19. The maximum absolute atomic E-state index is 5.19. The van der Waals surface area contributed by atoms with Gasteiger partial charge in [-0.15, -0.1) is 0 Å². The topological polar surface area (TPSA) is 85.3 Å². The SMILES string of the molecule is COc1cc(N2CCC(Nc3ncccn3)C2)nc(OC)n1. The van der Waals surface area contributed by atoms with Crippen molar-refractivity contribution >= 4 is 11.8 Å². The predicted molar refractivity (Wildman–Crippen MR) is 81.4 cm³/mol. The first-order valence-electron chi connectivity index (χ1n) is 7.04. The van der Waals surface area contributed by atoms with Crippen molar-refractivity contribution in [2.24, 2.45) is 0 Å². The summed E-state index contributed by atoms with van der Waals surface area (Å²) in [6.07, 6.45) is 4.43. The van der Waals surface area contributed by atoms with E-state index in [1.807, 2.05) is 6.07 Å². The number of hydrogen-bond donors (Lipinski definition) is 1. The number of rotatable bonds is 5. The van der Waals surface area contributed by atoms with E-state index in [1.54, 1.807) is 32.7 Å². The number of aromatic nitrogens is 4. The highest BCUT2D eigenvalue weighted by Gasteiger charge is 2.25. The van der Waals surface area contributed by atoms with Crippen LogP contribution in [0, 0.1) is 0 Å². The Bertz CT molecular complexity index is 602. The normalized spacial score (nSPS) is 17.4. The molecular formula is C14H18N6O2. The lowest BCUT2D eigenvalue weighted by atomic mass is 10.3. The van der Waals surface area contributed by atoms with Crippen molar-refractivity contribution in [3.63, 3.8) is 0 Å². The molecule has 1 unspecified atom stereocenters. The molecule has 0 aliphatic carbocycles. The molecule has 1 N–H and O–H groups in total. The number of nitrogens with zero attached hydrogens (tertiary/aromatic N) is 5. The molecule has 2 aromatic heterocycles. The molecule has 8 nitrogen and oxygen atoms in total. The van der Waals surface area contributed by atoms with E-state index in [2.05, 4.69) is 30.2 Å². The summed E-state index contributed by atoms with van der Waals surface area (Å²) in [5.41, 5.74) is 0. The van der Waals surface area contributed by atoms with Gasteiger partial charge in [-0.3, -0.25) is 0 Å². The summed E-state index contributed by atoms with van der Waals surface area (Å²) in [5, 5.41) is 3.33. The first kappa shape index (κ1) is 14.3. The Morgan fingerprint density at radius 2 is 2.00 bits per heavy atom. The molecule has 1 aliphatic rings. The summed E-state index contributed by atoms with van der Waals surface area (Å²) >= 11 is 0. The van der Waals surface area contributed by atoms with Crippen LogP contribution in [-0.2, 0) is 0 Å². The van der Waals surface area contributed by atoms with Crippen molar-refractivity contribution < 1.29 is 9.47 Å². The monoisotopic (exact) mass is 302 g/mol. The maximum Gasteiger partial charge on any atom is 0.321 e. The fourth-order valence-electron chi connectivity index (χ4n) is 2.39. The van der Waals surface area contributed by atoms with Crippen molar-refractivity contribution in [3.8, 4) is 11.9 Å². The second-order valence-electron chi connectivity index (χ2n) is 4.90. The van der Waals surface area contributed by atoms with Crippen molar-refractivity contribution in [2.75, 3.05) is 37.5 Å². The van der Waals surface area contributed by atoms with E-state index in [0.717, 1.165) is 25.3 Å². The van der Waals surface area contributed by atoms with Crippen LogP contribution < -0.4 is 19.7 Å². The van der Waals surface area contributed by atoms with Gasteiger partial charge in [-0.2, -0.15) is 9.97 Å². The van der Waals surface area contributed by atoms with Gasteiger partial charge in [-0.05, 0) is 12.5 Å². The number of hydrogen-bond acceptors (Lipinski definition) is 8. The minimum Gasteiger partial charge on any atom is -0.481 e. The third-order valence-corrected chi connectivity index (χ3v) is 3.47. The Hall–Kier alpha value is -2.64. The Morgan fingerprint density at radius 3 is 2.73 bits per heavy atom. The second kappa shape index (κ2) is 6.42. The molecule has 0 radical (unpaired) electrons. The van der Waals surface area contributed by atoms with Gasteiger partial charge in [0.2, 0.25) is 11.8 Å². The van der Waals surface area contributed by atoms with Gasteiger partial charge >= 0.3 is 6.01 Å². The quantitative estimate of drug-likeness (QED) is 0.874. The molecule has 1 atom stereocenters. The van der Waals surface area contributed by atoms with Crippen molar-refractivity contribution in [2.45, 2.75) is 12.5 Å². The molecule has 1 fully saturated rings. The average Bonchev–Trinajstić information content (AvgIpc) is 3.03. The highest BCUT2D eigenvalue weighted by atomic mass is 16.5. The van der Waals surface area contributed by atoms with E-state index in [-0.39, 0.29) is 6.04 Å². The van der Waals surface area contributed by atoms with Crippen molar-refractivity contribution in [1.29, 1.82) is 0 Å². The third-order valence-electron chi connectivity index (χ3n) is 3.47. The average molecular weight is 302 g/mol. The van der Waals surface area contributed by atoms with Crippen LogP contribution in [0.1, 0.15) is 6.42 Å². The summed E-state index contributed by atoms with van der Waals surface area (Å²) in [6.45, 7) is 1.69. The van der Waals surface area contributed by atoms with Crippen LogP contribution in [-0.4, -0.2) is 53.3 Å². The Morgan fingerprint density at radius 1 is 1.18 bits per heavy atom. The minimum absolute atomic E-state index is 0.273. The van der Waals surface area contributed by atoms with Gasteiger partial charge in [0.25, 0.3) is 0 Å². The lowest BCUT2D eigenvalue weighted by Gasteiger charge is -2.18. The Labute approximate surface area is 128 Å². The standard InChI is InChI=1S/C14H18N6O2/c1-21-12-8-11(18-14(19-12)22-2)20-7-4-10(9-20)17-13-15-5-3-6-16-13/h3,5-6,8,10H,4,7,9H2,1-2H3,(H,15,16,17). The van der Waals surface area contributed by atoms with Gasteiger partial charge < -0.3 is 19.7 Å². The number of nitrogens with one attached hydrogen (secondary N) is 1. The van der Waals surface area contributed by atoms with Crippen molar-refractivity contribution in [1.82, 2.24) is 19.9 Å². The number of anilines is 2. The molecule has 22 heavy (non-hydrogen) atoms. The van der Waals surface area contributed by atoms with Gasteiger partial charge in [0.05, 0.1) is 14.2 Å². The van der Waals surface area contributed by atoms with E-state index >= 15 is 0 Å². The largest absolute Gasteiger partial charge is 0.481 e. The number of ether oxygens (including phenoxy) is 2. The fourth-order valence-corrected chi connectivity index (χ4v) is 2.39. The third kappa shape index (κ3) is 3.16. The van der Waals surface area contributed by atoms with Crippen molar-refractivity contribution in [3.05, 3.63) is 24.5 Å². The Kier molecular flexibility index (Phi) is 4.17. The smallest absolute Gasteiger partial charge is 0.321 e. The molecule has 0 bridgehead atoms. The lowest BCUT2D eigenvalue weighted by Crippen LogP contribution is -2.27. The van der Waals surface area contributed by atoms with Gasteiger partial charge in [0.15, 0.2) is 0 Å². The molecule has 1 saturated heterocycles.